The third-order valence-corrected chi connectivity index (χ3v) is 5.66. The highest BCUT2D eigenvalue weighted by atomic mass is 35.5. The molecule has 1 heterocycles. The molecule has 1 aromatic heterocycles. The summed E-state index contributed by atoms with van der Waals surface area (Å²) in [4.78, 5) is 13.0. The smallest absolute Gasteiger partial charge is 0.255 e. The molecule has 0 saturated heterocycles. The first-order valence-corrected chi connectivity index (χ1v) is 10.4. The predicted molar refractivity (Wildman–Crippen MR) is 114 cm³/mol. The zero-order chi connectivity index (χ0) is 20.2. The van der Waals surface area contributed by atoms with E-state index in [9.17, 15) is 9.90 Å². The largest absolute Gasteiger partial charge is 0.393 e. The molecule has 2 atom stereocenters. The SMILES string of the molecule is O=C(NC[C@@H]1CCC[C@@H](O)C1)c1cn(-c2ccccc2)nc1-c1ccc(Cl)cc1. The Labute approximate surface area is 175 Å². The quantitative estimate of drug-likeness (QED) is 0.653. The van der Waals surface area contributed by atoms with Crippen LogP contribution in [0.15, 0.2) is 60.8 Å². The van der Waals surface area contributed by atoms with Crippen LogP contribution < -0.4 is 5.32 Å². The first-order valence-electron chi connectivity index (χ1n) is 9.97. The van der Waals surface area contributed by atoms with Crippen molar-refractivity contribution in [3.63, 3.8) is 0 Å². The van der Waals surface area contributed by atoms with Crippen LogP contribution in [0.2, 0.25) is 5.02 Å². The Balaban J connectivity index is 1.60. The summed E-state index contributed by atoms with van der Waals surface area (Å²) in [5, 5.41) is 18.2. The maximum atomic E-state index is 13.0. The standard InChI is InChI=1S/C23H24ClN3O2/c24-18-11-9-17(10-12-18)22-21(15-27(26-22)19-6-2-1-3-7-19)23(29)25-14-16-5-4-8-20(28)13-16/h1-3,6-7,9-12,15-16,20,28H,4-5,8,13-14H2,(H,25,29)/t16-,20-/m1/s1. The maximum absolute atomic E-state index is 13.0. The lowest BCUT2D eigenvalue weighted by Crippen LogP contribution is -2.33. The number of aliphatic hydroxyl groups excluding tert-OH is 1. The summed E-state index contributed by atoms with van der Waals surface area (Å²) in [5.41, 5.74) is 2.86. The molecule has 0 bridgehead atoms. The molecule has 2 N–H and O–H groups in total. The number of nitrogens with zero attached hydrogens (tertiary/aromatic N) is 2. The Kier molecular flexibility index (Phi) is 5.97. The molecule has 29 heavy (non-hydrogen) atoms. The van der Waals surface area contributed by atoms with Crippen molar-refractivity contribution in [1.82, 2.24) is 15.1 Å². The fraction of sp³-hybridized carbons (Fsp3) is 0.304. The lowest BCUT2D eigenvalue weighted by Gasteiger charge is -2.25. The van der Waals surface area contributed by atoms with E-state index in [1.807, 2.05) is 42.5 Å². The van der Waals surface area contributed by atoms with Gasteiger partial charge in [0, 0.05) is 23.3 Å². The molecule has 0 unspecified atom stereocenters. The fourth-order valence-electron chi connectivity index (χ4n) is 3.85. The van der Waals surface area contributed by atoms with E-state index in [-0.39, 0.29) is 12.0 Å². The summed E-state index contributed by atoms with van der Waals surface area (Å²) in [5.74, 6) is 0.156. The van der Waals surface area contributed by atoms with Gasteiger partial charge in [0.2, 0.25) is 0 Å². The molecule has 6 heteroatoms. The summed E-state index contributed by atoms with van der Waals surface area (Å²) in [7, 11) is 0. The summed E-state index contributed by atoms with van der Waals surface area (Å²) in [6.45, 7) is 0.562. The number of aliphatic hydroxyl groups is 1. The van der Waals surface area contributed by atoms with Gasteiger partial charge in [0.1, 0.15) is 5.69 Å². The van der Waals surface area contributed by atoms with Gasteiger partial charge in [-0.25, -0.2) is 4.68 Å². The van der Waals surface area contributed by atoms with Crippen LogP contribution in [0.5, 0.6) is 0 Å². The lowest BCUT2D eigenvalue weighted by atomic mass is 9.87. The monoisotopic (exact) mass is 409 g/mol. The third kappa shape index (κ3) is 4.69. The van der Waals surface area contributed by atoms with Crippen LogP contribution in [-0.4, -0.2) is 33.4 Å². The highest BCUT2D eigenvalue weighted by Crippen LogP contribution is 2.26. The van der Waals surface area contributed by atoms with Gasteiger partial charge in [0.15, 0.2) is 0 Å². The first kappa shape index (κ1) is 19.7. The number of amides is 1. The molecular weight excluding hydrogens is 386 g/mol. The second kappa shape index (κ2) is 8.80. The molecule has 1 saturated carbocycles. The van der Waals surface area contributed by atoms with Gasteiger partial charge in [-0.15, -0.1) is 0 Å². The fourth-order valence-corrected chi connectivity index (χ4v) is 3.98. The average Bonchev–Trinajstić information content (AvgIpc) is 3.19. The number of aromatic nitrogens is 2. The second-order valence-electron chi connectivity index (χ2n) is 7.57. The normalized spacial score (nSPS) is 19.1. The van der Waals surface area contributed by atoms with Gasteiger partial charge in [0.05, 0.1) is 17.4 Å². The molecule has 0 spiro atoms. The molecule has 150 valence electrons. The van der Waals surface area contributed by atoms with Gasteiger partial charge in [-0.2, -0.15) is 5.10 Å². The highest BCUT2D eigenvalue weighted by Gasteiger charge is 2.23. The molecule has 0 radical (unpaired) electrons. The molecule has 0 aliphatic heterocycles. The van der Waals surface area contributed by atoms with Crippen molar-refractivity contribution in [2.45, 2.75) is 31.8 Å². The van der Waals surface area contributed by atoms with Crippen molar-refractivity contribution in [1.29, 1.82) is 0 Å². The van der Waals surface area contributed by atoms with Gasteiger partial charge >= 0.3 is 0 Å². The van der Waals surface area contributed by atoms with Crippen molar-refractivity contribution >= 4 is 17.5 Å². The van der Waals surface area contributed by atoms with E-state index in [0.29, 0.717) is 28.7 Å². The van der Waals surface area contributed by atoms with E-state index < -0.39 is 0 Å². The molecule has 1 aliphatic rings. The van der Waals surface area contributed by atoms with Crippen molar-refractivity contribution in [3.8, 4) is 16.9 Å². The topological polar surface area (TPSA) is 67.2 Å². The van der Waals surface area contributed by atoms with E-state index in [4.69, 9.17) is 11.6 Å². The summed E-state index contributed by atoms with van der Waals surface area (Å²) >= 11 is 6.02. The van der Waals surface area contributed by atoms with Crippen LogP contribution in [-0.2, 0) is 0 Å². The van der Waals surface area contributed by atoms with Gasteiger partial charge in [-0.05, 0) is 49.4 Å². The first-order chi connectivity index (χ1) is 14.1. The number of carbonyl (C=O) groups is 1. The van der Waals surface area contributed by atoms with Crippen molar-refractivity contribution in [2.24, 2.45) is 5.92 Å². The van der Waals surface area contributed by atoms with Crippen molar-refractivity contribution < 1.29 is 9.90 Å². The second-order valence-corrected chi connectivity index (χ2v) is 8.01. The van der Waals surface area contributed by atoms with Gasteiger partial charge in [0.25, 0.3) is 5.91 Å². The highest BCUT2D eigenvalue weighted by molar-refractivity contribution is 6.30. The van der Waals surface area contributed by atoms with Crippen LogP contribution in [0.25, 0.3) is 16.9 Å². The number of rotatable bonds is 5. The van der Waals surface area contributed by atoms with E-state index in [2.05, 4.69) is 10.4 Å². The summed E-state index contributed by atoms with van der Waals surface area (Å²) in [6.07, 6.45) is 5.15. The Bertz CT molecular complexity index is 970. The number of para-hydroxylation sites is 1. The number of nitrogens with one attached hydrogen (secondary N) is 1. The zero-order valence-corrected chi connectivity index (χ0v) is 16.8. The number of hydrogen-bond donors (Lipinski definition) is 2. The Morgan fingerprint density at radius 2 is 1.90 bits per heavy atom. The molecule has 4 rings (SSSR count). The molecule has 3 aromatic rings. The number of benzene rings is 2. The lowest BCUT2D eigenvalue weighted by molar-refractivity contribution is 0.0874. The molecule has 5 nitrogen and oxygen atoms in total. The third-order valence-electron chi connectivity index (χ3n) is 5.40. The Hall–Kier alpha value is -2.63. The Morgan fingerprint density at radius 1 is 1.14 bits per heavy atom. The van der Waals surface area contributed by atoms with Crippen LogP contribution in [0, 0.1) is 5.92 Å². The van der Waals surface area contributed by atoms with Gasteiger partial charge in [-0.1, -0.05) is 48.4 Å². The van der Waals surface area contributed by atoms with Gasteiger partial charge in [-0.3, -0.25) is 4.79 Å². The van der Waals surface area contributed by atoms with Crippen LogP contribution >= 0.6 is 11.6 Å². The van der Waals surface area contributed by atoms with E-state index in [1.54, 1.807) is 23.0 Å². The number of hydrogen-bond acceptors (Lipinski definition) is 3. The number of carbonyl (C=O) groups excluding carboxylic acids is 1. The average molecular weight is 410 g/mol. The number of halogens is 1. The maximum Gasteiger partial charge on any atom is 0.255 e. The molecule has 1 aliphatic carbocycles. The minimum absolute atomic E-state index is 0.155. The van der Waals surface area contributed by atoms with E-state index >= 15 is 0 Å². The predicted octanol–water partition coefficient (Wildman–Crippen LogP) is 4.47. The minimum atomic E-state index is -0.254. The van der Waals surface area contributed by atoms with E-state index in [1.165, 1.54) is 0 Å². The molecule has 2 aromatic carbocycles. The van der Waals surface area contributed by atoms with E-state index in [0.717, 1.165) is 36.9 Å². The summed E-state index contributed by atoms with van der Waals surface area (Å²) in [6, 6.07) is 17.0. The molecule has 1 fully saturated rings. The van der Waals surface area contributed by atoms with Gasteiger partial charge < -0.3 is 10.4 Å². The summed E-state index contributed by atoms with van der Waals surface area (Å²) < 4.78 is 1.73. The minimum Gasteiger partial charge on any atom is -0.393 e. The Morgan fingerprint density at radius 3 is 2.62 bits per heavy atom. The zero-order valence-electron chi connectivity index (χ0n) is 16.1. The molecular formula is C23H24ClN3O2. The van der Waals surface area contributed by atoms with Crippen LogP contribution in [0.1, 0.15) is 36.0 Å². The van der Waals surface area contributed by atoms with Crippen molar-refractivity contribution in [3.05, 3.63) is 71.4 Å². The van der Waals surface area contributed by atoms with Crippen LogP contribution in [0.3, 0.4) is 0 Å². The van der Waals surface area contributed by atoms with Crippen molar-refractivity contribution in [2.75, 3.05) is 6.54 Å². The van der Waals surface area contributed by atoms with Crippen LogP contribution in [0.4, 0.5) is 0 Å². The molecule has 1 amide bonds.